The van der Waals surface area contributed by atoms with E-state index < -0.39 is 0 Å². The van der Waals surface area contributed by atoms with Crippen molar-refractivity contribution in [2.45, 2.75) is 13.0 Å². The molecule has 0 aliphatic rings. The summed E-state index contributed by atoms with van der Waals surface area (Å²) in [6.45, 7) is 1.93. The molecule has 1 atom stereocenters. The standard InChI is InChI=1S/C15H14Cl2N2O/c1-10(12-5-3-4-6-13(12)16)19(2)15(20)11-7-8-14(17)18-9-11/h3-10H,1-2H3. The molecule has 0 radical (unpaired) electrons. The van der Waals surface area contributed by atoms with Gasteiger partial charge in [0.15, 0.2) is 0 Å². The Morgan fingerprint density at radius 2 is 1.90 bits per heavy atom. The highest BCUT2D eigenvalue weighted by molar-refractivity contribution is 6.31. The van der Waals surface area contributed by atoms with E-state index in [0.29, 0.717) is 15.7 Å². The van der Waals surface area contributed by atoms with Crippen molar-refractivity contribution < 1.29 is 4.79 Å². The average molecular weight is 309 g/mol. The van der Waals surface area contributed by atoms with Gasteiger partial charge in [-0.25, -0.2) is 4.98 Å². The minimum atomic E-state index is -0.133. The number of rotatable bonds is 3. The topological polar surface area (TPSA) is 33.2 Å². The lowest BCUT2D eigenvalue weighted by Gasteiger charge is -2.26. The number of pyridine rings is 1. The molecule has 0 aliphatic carbocycles. The molecule has 20 heavy (non-hydrogen) atoms. The molecule has 5 heteroatoms. The first kappa shape index (κ1) is 14.8. The molecule has 1 unspecified atom stereocenters. The number of nitrogens with zero attached hydrogens (tertiary/aromatic N) is 2. The van der Waals surface area contributed by atoms with Gasteiger partial charge in [-0.15, -0.1) is 0 Å². The lowest BCUT2D eigenvalue weighted by Crippen LogP contribution is -2.29. The Morgan fingerprint density at radius 1 is 1.20 bits per heavy atom. The third-order valence-electron chi connectivity index (χ3n) is 3.23. The SMILES string of the molecule is CC(c1ccccc1Cl)N(C)C(=O)c1ccc(Cl)nc1. The average Bonchev–Trinajstić information content (AvgIpc) is 2.46. The summed E-state index contributed by atoms with van der Waals surface area (Å²) in [5.74, 6) is -0.124. The van der Waals surface area contributed by atoms with Crippen molar-refractivity contribution in [2.24, 2.45) is 0 Å². The van der Waals surface area contributed by atoms with Crippen molar-refractivity contribution in [1.82, 2.24) is 9.88 Å². The summed E-state index contributed by atoms with van der Waals surface area (Å²) in [5.41, 5.74) is 1.41. The molecule has 3 nitrogen and oxygen atoms in total. The molecule has 0 saturated carbocycles. The Hall–Kier alpha value is -1.58. The molecule has 0 bridgehead atoms. The van der Waals surface area contributed by atoms with Crippen LogP contribution in [0.2, 0.25) is 10.2 Å². The van der Waals surface area contributed by atoms with Gasteiger partial charge in [-0.3, -0.25) is 4.79 Å². The quantitative estimate of drug-likeness (QED) is 0.795. The molecule has 1 heterocycles. The summed E-state index contributed by atoms with van der Waals surface area (Å²) in [7, 11) is 1.74. The van der Waals surface area contributed by atoms with Gasteiger partial charge in [0, 0.05) is 18.3 Å². The van der Waals surface area contributed by atoms with Crippen LogP contribution in [0.5, 0.6) is 0 Å². The molecule has 2 rings (SSSR count). The van der Waals surface area contributed by atoms with Crippen LogP contribution in [0, 0.1) is 0 Å². The molecule has 0 spiro atoms. The van der Waals surface area contributed by atoms with Crippen molar-refractivity contribution in [1.29, 1.82) is 0 Å². The highest BCUT2D eigenvalue weighted by atomic mass is 35.5. The first-order chi connectivity index (χ1) is 9.50. The number of carbonyl (C=O) groups excluding carboxylic acids is 1. The summed E-state index contributed by atoms with van der Waals surface area (Å²) in [4.78, 5) is 17.9. The molecule has 1 amide bonds. The van der Waals surface area contributed by atoms with Gasteiger partial charge in [0.2, 0.25) is 0 Å². The fraction of sp³-hybridized carbons (Fsp3) is 0.200. The molecule has 1 aromatic carbocycles. The smallest absolute Gasteiger partial charge is 0.255 e. The molecule has 0 fully saturated rings. The minimum absolute atomic E-state index is 0.124. The zero-order valence-electron chi connectivity index (χ0n) is 11.2. The van der Waals surface area contributed by atoms with E-state index in [9.17, 15) is 4.79 Å². The van der Waals surface area contributed by atoms with Crippen LogP contribution < -0.4 is 0 Å². The fourth-order valence-corrected chi connectivity index (χ4v) is 2.31. The lowest BCUT2D eigenvalue weighted by molar-refractivity contribution is 0.0742. The maximum absolute atomic E-state index is 12.4. The Balaban J connectivity index is 2.22. The number of aromatic nitrogens is 1. The van der Waals surface area contributed by atoms with Gasteiger partial charge in [-0.2, -0.15) is 0 Å². The van der Waals surface area contributed by atoms with E-state index in [4.69, 9.17) is 23.2 Å². The largest absolute Gasteiger partial charge is 0.335 e. The van der Waals surface area contributed by atoms with Gasteiger partial charge in [0.25, 0.3) is 5.91 Å². The first-order valence-electron chi connectivity index (χ1n) is 6.14. The Labute approximate surface area is 128 Å². The highest BCUT2D eigenvalue weighted by Gasteiger charge is 2.20. The predicted molar refractivity (Wildman–Crippen MR) is 81.2 cm³/mol. The molecule has 0 N–H and O–H groups in total. The van der Waals surface area contributed by atoms with Crippen molar-refractivity contribution in [3.05, 3.63) is 63.9 Å². The summed E-state index contributed by atoms with van der Waals surface area (Å²) < 4.78 is 0. The van der Waals surface area contributed by atoms with E-state index in [1.165, 1.54) is 6.20 Å². The molecule has 0 saturated heterocycles. The number of amides is 1. The van der Waals surface area contributed by atoms with Crippen LogP contribution in [-0.2, 0) is 0 Å². The van der Waals surface area contributed by atoms with Crippen LogP contribution in [-0.4, -0.2) is 22.8 Å². The Bertz CT molecular complexity index is 614. The maximum Gasteiger partial charge on any atom is 0.255 e. The maximum atomic E-state index is 12.4. The van der Waals surface area contributed by atoms with E-state index in [0.717, 1.165) is 5.56 Å². The van der Waals surface area contributed by atoms with Crippen molar-refractivity contribution >= 4 is 29.1 Å². The van der Waals surface area contributed by atoms with Crippen molar-refractivity contribution in [3.8, 4) is 0 Å². The van der Waals surface area contributed by atoms with E-state index in [2.05, 4.69) is 4.98 Å². The zero-order valence-corrected chi connectivity index (χ0v) is 12.7. The van der Waals surface area contributed by atoms with Crippen LogP contribution in [0.15, 0.2) is 42.6 Å². The van der Waals surface area contributed by atoms with Crippen LogP contribution >= 0.6 is 23.2 Å². The minimum Gasteiger partial charge on any atom is -0.335 e. The van der Waals surface area contributed by atoms with Gasteiger partial charge in [-0.05, 0) is 30.7 Å². The highest BCUT2D eigenvalue weighted by Crippen LogP contribution is 2.27. The van der Waals surface area contributed by atoms with Gasteiger partial charge >= 0.3 is 0 Å². The van der Waals surface area contributed by atoms with Crippen LogP contribution in [0.25, 0.3) is 0 Å². The molecular weight excluding hydrogens is 295 g/mol. The predicted octanol–water partition coefficient (Wildman–Crippen LogP) is 4.22. The van der Waals surface area contributed by atoms with Gasteiger partial charge in [-0.1, -0.05) is 41.4 Å². The van der Waals surface area contributed by atoms with E-state index in [1.807, 2.05) is 31.2 Å². The Morgan fingerprint density at radius 3 is 2.50 bits per heavy atom. The number of hydrogen-bond acceptors (Lipinski definition) is 2. The number of carbonyl (C=O) groups is 1. The van der Waals surface area contributed by atoms with E-state index in [1.54, 1.807) is 24.1 Å². The van der Waals surface area contributed by atoms with Gasteiger partial charge in [0.1, 0.15) is 5.15 Å². The lowest BCUT2D eigenvalue weighted by atomic mass is 10.1. The van der Waals surface area contributed by atoms with E-state index in [-0.39, 0.29) is 11.9 Å². The van der Waals surface area contributed by atoms with Crippen LogP contribution in [0.4, 0.5) is 0 Å². The normalized spacial score (nSPS) is 12.0. The third kappa shape index (κ3) is 3.11. The molecular formula is C15H14Cl2N2O. The van der Waals surface area contributed by atoms with Crippen LogP contribution in [0.3, 0.4) is 0 Å². The summed E-state index contributed by atoms with van der Waals surface area (Å²) >= 11 is 11.9. The van der Waals surface area contributed by atoms with Crippen molar-refractivity contribution in [3.63, 3.8) is 0 Å². The second-order valence-electron chi connectivity index (χ2n) is 4.48. The molecule has 2 aromatic rings. The molecule has 104 valence electrons. The number of halogens is 2. The fourth-order valence-electron chi connectivity index (χ4n) is 1.90. The Kier molecular flexibility index (Phi) is 4.63. The second kappa shape index (κ2) is 6.25. The van der Waals surface area contributed by atoms with Gasteiger partial charge in [0.05, 0.1) is 11.6 Å². The summed E-state index contributed by atoms with van der Waals surface area (Å²) in [5, 5.41) is 1.01. The van der Waals surface area contributed by atoms with E-state index >= 15 is 0 Å². The summed E-state index contributed by atoms with van der Waals surface area (Å²) in [6, 6.07) is 10.6. The molecule has 1 aromatic heterocycles. The first-order valence-corrected chi connectivity index (χ1v) is 6.89. The van der Waals surface area contributed by atoms with Crippen LogP contribution in [0.1, 0.15) is 28.9 Å². The number of hydrogen-bond donors (Lipinski definition) is 0. The third-order valence-corrected chi connectivity index (χ3v) is 3.80. The summed E-state index contributed by atoms with van der Waals surface area (Å²) in [6.07, 6.45) is 1.47. The zero-order chi connectivity index (χ0) is 14.7. The molecule has 0 aliphatic heterocycles. The van der Waals surface area contributed by atoms with Gasteiger partial charge < -0.3 is 4.90 Å². The number of benzene rings is 1. The van der Waals surface area contributed by atoms with Crippen molar-refractivity contribution in [2.75, 3.05) is 7.05 Å². The monoisotopic (exact) mass is 308 g/mol. The second-order valence-corrected chi connectivity index (χ2v) is 5.28.